The van der Waals surface area contributed by atoms with E-state index in [1.54, 1.807) is 0 Å². The van der Waals surface area contributed by atoms with Crippen molar-refractivity contribution in [1.82, 2.24) is 0 Å². The molecule has 0 amide bonds. The fourth-order valence-corrected chi connectivity index (χ4v) is 1.69. The molecule has 0 saturated heterocycles. The molecule has 3 nitrogen and oxygen atoms in total. The van der Waals surface area contributed by atoms with Crippen LogP contribution in [0.3, 0.4) is 0 Å². The van der Waals surface area contributed by atoms with Crippen LogP contribution in [0.15, 0.2) is 0 Å². The Labute approximate surface area is 116 Å². The van der Waals surface area contributed by atoms with Crippen LogP contribution in [-0.2, 0) is 10.1 Å². The van der Waals surface area contributed by atoms with E-state index in [1.807, 2.05) is 0 Å². The van der Waals surface area contributed by atoms with Gasteiger partial charge in [0.1, 0.15) is 12.3 Å². The summed E-state index contributed by atoms with van der Waals surface area (Å²) >= 11 is 0. The van der Waals surface area contributed by atoms with Gasteiger partial charge >= 0.3 is 29.6 Å². The molecule has 0 aromatic carbocycles. The predicted octanol–water partition coefficient (Wildman–Crippen LogP) is -1.26. The SMILES string of the molecule is O=S(=O)([O-])CC(F)C(F)CCCCCF.[Na+]. The van der Waals surface area contributed by atoms with Gasteiger partial charge in [-0.05, 0) is 12.8 Å². The summed E-state index contributed by atoms with van der Waals surface area (Å²) < 4.78 is 67.6. The van der Waals surface area contributed by atoms with Gasteiger partial charge in [0.25, 0.3) is 0 Å². The van der Waals surface area contributed by atoms with Crippen LogP contribution in [0.25, 0.3) is 0 Å². The fourth-order valence-electron chi connectivity index (χ4n) is 1.09. The average Bonchev–Trinajstić information content (AvgIpc) is 2.09. The molecular weight excluding hydrogens is 256 g/mol. The van der Waals surface area contributed by atoms with Crippen molar-refractivity contribution in [1.29, 1.82) is 0 Å². The van der Waals surface area contributed by atoms with Gasteiger partial charge in [-0.25, -0.2) is 17.2 Å². The second-order valence-corrected chi connectivity index (χ2v) is 4.74. The van der Waals surface area contributed by atoms with Gasteiger partial charge in [0.2, 0.25) is 0 Å². The maximum absolute atomic E-state index is 12.9. The van der Waals surface area contributed by atoms with E-state index in [1.165, 1.54) is 0 Å². The minimum absolute atomic E-state index is 0. The van der Waals surface area contributed by atoms with Crippen LogP contribution >= 0.6 is 0 Å². The zero-order chi connectivity index (χ0) is 11.9. The van der Waals surface area contributed by atoms with Crippen LogP contribution in [0.2, 0.25) is 0 Å². The Morgan fingerprint density at radius 1 is 1.06 bits per heavy atom. The van der Waals surface area contributed by atoms with E-state index in [2.05, 4.69) is 0 Å². The molecule has 0 saturated carbocycles. The molecule has 0 spiro atoms. The Balaban J connectivity index is 0. The number of hydrogen-bond acceptors (Lipinski definition) is 3. The minimum atomic E-state index is -4.73. The molecule has 8 heteroatoms. The molecule has 0 aromatic rings. The van der Waals surface area contributed by atoms with Gasteiger partial charge in [0.05, 0.1) is 22.5 Å². The van der Waals surface area contributed by atoms with Crippen molar-refractivity contribution in [3.63, 3.8) is 0 Å². The van der Waals surface area contributed by atoms with Crippen LogP contribution in [0.5, 0.6) is 0 Å². The molecule has 0 aliphatic rings. The number of alkyl halides is 3. The van der Waals surface area contributed by atoms with Crippen molar-refractivity contribution in [2.75, 3.05) is 12.4 Å². The number of halogens is 3. The summed E-state index contributed by atoms with van der Waals surface area (Å²) in [5, 5.41) is 0. The molecule has 16 heavy (non-hydrogen) atoms. The molecule has 0 heterocycles. The first-order valence-corrected chi connectivity index (χ1v) is 6.22. The smallest absolute Gasteiger partial charge is 0.748 e. The molecule has 0 radical (unpaired) electrons. The second-order valence-electron chi connectivity index (χ2n) is 3.29. The monoisotopic (exact) mass is 270 g/mol. The van der Waals surface area contributed by atoms with Crippen molar-refractivity contribution in [3.05, 3.63) is 0 Å². The van der Waals surface area contributed by atoms with E-state index in [4.69, 9.17) is 0 Å². The standard InChI is InChI=1S/C8H15F3O3S.Na/c9-5-3-1-2-4-7(10)8(11)6-15(12,13)14;/h7-8H,1-6H2,(H,12,13,14);/q;+1/p-1. The molecule has 0 aliphatic carbocycles. The molecule has 0 bridgehead atoms. The maximum atomic E-state index is 12.9. The Morgan fingerprint density at radius 3 is 2.06 bits per heavy atom. The molecule has 2 atom stereocenters. The van der Waals surface area contributed by atoms with E-state index < -0.39 is 34.9 Å². The third kappa shape index (κ3) is 11.2. The Hall–Kier alpha value is 0.700. The molecule has 0 N–H and O–H groups in total. The van der Waals surface area contributed by atoms with Crippen molar-refractivity contribution >= 4 is 10.1 Å². The third-order valence-electron chi connectivity index (χ3n) is 1.87. The fraction of sp³-hybridized carbons (Fsp3) is 1.00. The zero-order valence-corrected chi connectivity index (χ0v) is 12.0. The molecule has 0 aliphatic heterocycles. The summed E-state index contributed by atoms with van der Waals surface area (Å²) in [5.74, 6) is -1.34. The molecule has 92 valence electrons. The van der Waals surface area contributed by atoms with Crippen molar-refractivity contribution in [2.24, 2.45) is 0 Å². The molecular formula is C8H14F3NaO3S. The Morgan fingerprint density at radius 2 is 1.62 bits per heavy atom. The topological polar surface area (TPSA) is 57.2 Å². The van der Waals surface area contributed by atoms with E-state index in [9.17, 15) is 26.1 Å². The zero-order valence-electron chi connectivity index (χ0n) is 9.16. The number of rotatable bonds is 8. The van der Waals surface area contributed by atoms with Gasteiger partial charge in [-0.3, -0.25) is 4.39 Å². The summed E-state index contributed by atoms with van der Waals surface area (Å²) in [6, 6.07) is 0. The summed E-state index contributed by atoms with van der Waals surface area (Å²) in [6.45, 7) is -0.509. The van der Waals surface area contributed by atoms with Crippen molar-refractivity contribution in [2.45, 2.75) is 38.0 Å². The first-order valence-electron chi connectivity index (χ1n) is 4.64. The van der Waals surface area contributed by atoms with Crippen LogP contribution in [0, 0.1) is 0 Å². The summed E-state index contributed by atoms with van der Waals surface area (Å²) in [6.07, 6.45) is -3.44. The second kappa shape index (κ2) is 9.70. The average molecular weight is 270 g/mol. The van der Waals surface area contributed by atoms with E-state index in [0.717, 1.165) is 0 Å². The van der Waals surface area contributed by atoms with Gasteiger partial charge in [0, 0.05) is 0 Å². The largest absolute Gasteiger partial charge is 1.00 e. The van der Waals surface area contributed by atoms with Crippen LogP contribution in [-0.4, -0.2) is 37.7 Å². The van der Waals surface area contributed by atoms with Crippen LogP contribution < -0.4 is 29.6 Å². The Kier molecular flexibility index (Phi) is 11.6. The number of hydrogen-bond donors (Lipinski definition) is 0. The predicted molar refractivity (Wildman–Crippen MR) is 48.8 cm³/mol. The van der Waals surface area contributed by atoms with E-state index in [0.29, 0.717) is 6.42 Å². The summed E-state index contributed by atoms with van der Waals surface area (Å²) in [7, 11) is -4.73. The van der Waals surface area contributed by atoms with Gasteiger partial charge in [0.15, 0.2) is 0 Å². The summed E-state index contributed by atoms with van der Waals surface area (Å²) in [5.41, 5.74) is 0. The first-order chi connectivity index (χ1) is 6.87. The van der Waals surface area contributed by atoms with Gasteiger partial charge in [-0.1, -0.05) is 12.8 Å². The normalized spacial score (nSPS) is 15.2. The molecule has 0 fully saturated rings. The molecule has 0 aromatic heterocycles. The Bertz CT molecular complexity index is 261. The summed E-state index contributed by atoms with van der Waals surface area (Å²) in [4.78, 5) is 0. The van der Waals surface area contributed by atoms with Gasteiger partial charge in [-0.2, -0.15) is 0 Å². The van der Waals surface area contributed by atoms with Crippen molar-refractivity contribution in [3.8, 4) is 0 Å². The first kappa shape index (κ1) is 19.0. The van der Waals surface area contributed by atoms with Crippen molar-refractivity contribution < 1.29 is 55.7 Å². The maximum Gasteiger partial charge on any atom is 1.00 e. The van der Waals surface area contributed by atoms with E-state index >= 15 is 0 Å². The van der Waals surface area contributed by atoms with E-state index in [-0.39, 0.29) is 48.8 Å². The third-order valence-corrected chi connectivity index (χ3v) is 2.60. The van der Waals surface area contributed by atoms with Gasteiger partial charge in [-0.15, -0.1) is 0 Å². The minimum Gasteiger partial charge on any atom is -0.748 e. The number of unbranched alkanes of at least 4 members (excludes halogenated alkanes) is 2. The van der Waals surface area contributed by atoms with Gasteiger partial charge < -0.3 is 4.55 Å². The molecule has 0 rings (SSSR count). The van der Waals surface area contributed by atoms with Crippen LogP contribution in [0.1, 0.15) is 25.7 Å². The molecule has 2 unspecified atom stereocenters. The quantitative estimate of drug-likeness (QED) is 0.314. The van der Waals surface area contributed by atoms with Crippen LogP contribution in [0.4, 0.5) is 13.2 Å².